The first-order valence-electron chi connectivity index (χ1n) is 7.99. The van der Waals surface area contributed by atoms with Gasteiger partial charge in [0.1, 0.15) is 5.75 Å². The highest BCUT2D eigenvalue weighted by Gasteiger charge is 2.13. The molecule has 0 atom stereocenters. The van der Waals surface area contributed by atoms with Crippen LogP contribution in [0.25, 0.3) is 16.9 Å². The van der Waals surface area contributed by atoms with Crippen LogP contribution < -0.4 is 4.74 Å². The van der Waals surface area contributed by atoms with Crippen molar-refractivity contribution in [3.63, 3.8) is 0 Å². The molecule has 0 bridgehead atoms. The summed E-state index contributed by atoms with van der Waals surface area (Å²) in [5.41, 5.74) is 1.97. The van der Waals surface area contributed by atoms with Crippen LogP contribution in [-0.4, -0.2) is 29.3 Å². The summed E-state index contributed by atoms with van der Waals surface area (Å²) in [6, 6.07) is 17.2. The second kappa shape index (κ2) is 6.68. The Labute approximate surface area is 160 Å². The van der Waals surface area contributed by atoms with Crippen LogP contribution in [-0.2, 0) is 9.84 Å². The van der Waals surface area contributed by atoms with Crippen LogP contribution in [0.3, 0.4) is 0 Å². The molecule has 136 valence electrons. The van der Waals surface area contributed by atoms with Crippen LogP contribution in [0.5, 0.6) is 11.6 Å². The number of rotatable bonds is 4. The number of sulfone groups is 1. The molecule has 0 aliphatic rings. The van der Waals surface area contributed by atoms with Crippen molar-refractivity contribution in [1.82, 2.24) is 14.6 Å². The Kier molecular flexibility index (Phi) is 4.33. The normalized spacial score (nSPS) is 11.6. The number of fused-ring (bicyclic) bond motifs is 1. The van der Waals surface area contributed by atoms with E-state index in [9.17, 15) is 8.42 Å². The van der Waals surface area contributed by atoms with E-state index >= 15 is 0 Å². The number of nitrogens with zero attached hydrogens (tertiary/aromatic N) is 3. The average Bonchev–Trinajstić information content (AvgIpc) is 3.04. The first-order chi connectivity index (χ1) is 12.9. The molecule has 27 heavy (non-hydrogen) atoms. The van der Waals surface area contributed by atoms with E-state index in [0.717, 1.165) is 0 Å². The minimum atomic E-state index is -3.31. The van der Waals surface area contributed by atoms with Gasteiger partial charge in [-0.25, -0.2) is 17.9 Å². The summed E-state index contributed by atoms with van der Waals surface area (Å²) in [5.74, 6) is 0.929. The zero-order valence-corrected chi connectivity index (χ0v) is 15.8. The number of halogens is 1. The van der Waals surface area contributed by atoms with Gasteiger partial charge in [0.05, 0.1) is 16.8 Å². The molecular weight excluding hydrogens is 386 g/mol. The Hall–Kier alpha value is -2.90. The van der Waals surface area contributed by atoms with Gasteiger partial charge in [-0.05, 0) is 36.4 Å². The summed E-state index contributed by atoms with van der Waals surface area (Å²) < 4.78 is 31.0. The molecule has 2 aromatic heterocycles. The van der Waals surface area contributed by atoms with Gasteiger partial charge in [-0.3, -0.25) is 0 Å². The lowest BCUT2D eigenvalue weighted by Crippen LogP contribution is -1.99. The fraction of sp³-hybridized carbons (Fsp3) is 0.0526. The summed E-state index contributed by atoms with van der Waals surface area (Å²) in [5, 5.41) is 5.03. The third-order valence-corrected chi connectivity index (χ3v) is 5.26. The van der Waals surface area contributed by atoms with Crippen molar-refractivity contribution in [3.05, 3.63) is 71.9 Å². The minimum absolute atomic E-state index is 0.237. The lowest BCUT2D eigenvalue weighted by atomic mass is 10.2. The Bertz CT molecular complexity index is 1250. The van der Waals surface area contributed by atoms with E-state index in [2.05, 4.69) is 10.1 Å². The van der Waals surface area contributed by atoms with Crippen molar-refractivity contribution in [3.8, 4) is 22.9 Å². The molecule has 0 saturated heterocycles. The first-order valence-corrected chi connectivity index (χ1v) is 10.3. The largest absolute Gasteiger partial charge is 0.438 e. The summed E-state index contributed by atoms with van der Waals surface area (Å²) in [6.07, 6.45) is 2.82. The van der Waals surface area contributed by atoms with Gasteiger partial charge >= 0.3 is 0 Å². The zero-order chi connectivity index (χ0) is 19.0. The van der Waals surface area contributed by atoms with Crippen molar-refractivity contribution in [1.29, 1.82) is 0 Å². The maximum Gasteiger partial charge on any atom is 0.237 e. The number of hydrogen-bond acceptors (Lipinski definition) is 5. The zero-order valence-electron chi connectivity index (χ0n) is 14.2. The van der Waals surface area contributed by atoms with Gasteiger partial charge in [0.2, 0.25) is 5.88 Å². The van der Waals surface area contributed by atoms with Gasteiger partial charge in [-0.1, -0.05) is 29.8 Å². The monoisotopic (exact) mass is 399 g/mol. The quantitative estimate of drug-likeness (QED) is 0.513. The highest BCUT2D eigenvalue weighted by Crippen LogP contribution is 2.26. The van der Waals surface area contributed by atoms with E-state index < -0.39 is 9.84 Å². The minimum Gasteiger partial charge on any atom is -0.438 e. The van der Waals surface area contributed by atoms with Gasteiger partial charge in [0, 0.05) is 22.9 Å². The Balaban J connectivity index is 1.77. The Morgan fingerprint density at radius 1 is 1.04 bits per heavy atom. The van der Waals surface area contributed by atoms with Crippen molar-refractivity contribution >= 4 is 27.1 Å². The molecule has 0 aliphatic heterocycles. The van der Waals surface area contributed by atoms with Crippen LogP contribution in [0.4, 0.5) is 0 Å². The molecule has 8 heteroatoms. The molecule has 0 spiro atoms. The maximum atomic E-state index is 11.8. The molecule has 4 rings (SSSR count). The summed E-state index contributed by atoms with van der Waals surface area (Å²) in [4.78, 5) is 4.56. The van der Waals surface area contributed by atoms with Crippen molar-refractivity contribution < 1.29 is 13.2 Å². The topological polar surface area (TPSA) is 73.6 Å². The Morgan fingerprint density at radius 2 is 1.85 bits per heavy atom. The number of hydrogen-bond donors (Lipinski definition) is 0. The van der Waals surface area contributed by atoms with E-state index in [1.165, 1.54) is 6.26 Å². The SMILES string of the molecule is CS(=O)(=O)c1cccc(-c2cnc3ccc(Oc4cccc(Cl)c4)nn23)c1. The maximum absolute atomic E-state index is 11.8. The van der Waals surface area contributed by atoms with Crippen LogP contribution in [0.1, 0.15) is 0 Å². The molecule has 0 fully saturated rings. The third kappa shape index (κ3) is 3.65. The second-order valence-electron chi connectivity index (χ2n) is 5.94. The van der Waals surface area contributed by atoms with Crippen molar-refractivity contribution in [2.75, 3.05) is 6.26 Å². The molecule has 0 N–H and O–H groups in total. The van der Waals surface area contributed by atoms with E-state index in [0.29, 0.717) is 33.6 Å². The predicted molar refractivity (Wildman–Crippen MR) is 103 cm³/mol. The second-order valence-corrected chi connectivity index (χ2v) is 8.40. The lowest BCUT2D eigenvalue weighted by molar-refractivity contribution is 0.453. The van der Waals surface area contributed by atoms with E-state index in [1.54, 1.807) is 65.3 Å². The van der Waals surface area contributed by atoms with Gasteiger partial charge in [-0.15, -0.1) is 5.10 Å². The summed E-state index contributed by atoms with van der Waals surface area (Å²) >= 11 is 5.98. The average molecular weight is 400 g/mol. The van der Waals surface area contributed by atoms with Crippen LogP contribution in [0.2, 0.25) is 5.02 Å². The van der Waals surface area contributed by atoms with Gasteiger partial charge in [-0.2, -0.15) is 0 Å². The highest BCUT2D eigenvalue weighted by molar-refractivity contribution is 7.90. The van der Waals surface area contributed by atoms with E-state index in [4.69, 9.17) is 16.3 Å². The number of aromatic nitrogens is 3. The molecule has 0 unspecified atom stereocenters. The fourth-order valence-electron chi connectivity index (χ4n) is 2.65. The van der Waals surface area contributed by atoms with Gasteiger partial charge < -0.3 is 4.74 Å². The van der Waals surface area contributed by atoms with Gasteiger partial charge in [0.15, 0.2) is 15.5 Å². The number of imidazole rings is 1. The van der Waals surface area contributed by atoms with E-state index in [1.807, 2.05) is 6.07 Å². The van der Waals surface area contributed by atoms with Crippen LogP contribution in [0, 0.1) is 0 Å². The third-order valence-electron chi connectivity index (χ3n) is 3.91. The van der Waals surface area contributed by atoms with Gasteiger partial charge in [0.25, 0.3) is 0 Å². The standard InChI is InChI=1S/C19H14ClN3O3S/c1-27(24,25)16-7-2-4-13(10-16)17-12-21-18-8-9-19(22-23(17)18)26-15-6-3-5-14(20)11-15/h2-12H,1H3. The van der Waals surface area contributed by atoms with Crippen molar-refractivity contribution in [2.24, 2.45) is 0 Å². The molecule has 2 heterocycles. The molecule has 0 radical (unpaired) electrons. The number of benzene rings is 2. The molecule has 0 saturated carbocycles. The van der Waals surface area contributed by atoms with E-state index in [-0.39, 0.29) is 4.90 Å². The number of ether oxygens (including phenoxy) is 1. The molecule has 4 aromatic rings. The fourth-order valence-corrected chi connectivity index (χ4v) is 3.49. The molecule has 0 aliphatic carbocycles. The molecule has 6 nitrogen and oxygen atoms in total. The van der Waals surface area contributed by atoms with Crippen LogP contribution >= 0.6 is 11.6 Å². The first kappa shape index (κ1) is 17.5. The Morgan fingerprint density at radius 3 is 2.63 bits per heavy atom. The smallest absolute Gasteiger partial charge is 0.237 e. The lowest BCUT2D eigenvalue weighted by Gasteiger charge is -2.07. The highest BCUT2D eigenvalue weighted by atomic mass is 35.5. The van der Waals surface area contributed by atoms with Crippen molar-refractivity contribution in [2.45, 2.75) is 4.90 Å². The van der Waals surface area contributed by atoms with Crippen LogP contribution in [0.15, 0.2) is 71.8 Å². The summed E-state index contributed by atoms with van der Waals surface area (Å²) in [6.45, 7) is 0. The molecular formula is C19H14ClN3O3S. The predicted octanol–water partition coefficient (Wildman–Crippen LogP) is 4.25. The molecule has 2 aromatic carbocycles. The summed E-state index contributed by atoms with van der Waals surface area (Å²) in [7, 11) is -3.31. The molecule has 0 amide bonds.